The topological polar surface area (TPSA) is 61.8 Å². The molecule has 0 aromatic heterocycles. The summed E-state index contributed by atoms with van der Waals surface area (Å²) in [5.74, 6) is -0.977. The smallest absolute Gasteiger partial charge is 0.338 e. The monoisotopic (exact) mass is 482 g/mol. The number of esters is 2. The molecule has 0 N–H and O–H groups in total. The largest absolute Gasteiger partial charge is 0.453 e. The van der Waals surface area contributed by atoms with Gasteiger partial charge in [0, 0.05) is 0 Å². The predicted octanol–water partition coefficient (Wildman–Crippen LogP) is 3.95. The van der Waals surface area contributed by atoms with E-state index in [-0.39, 0.29) is 16.4 Å². The van der Waals surface area contributed by atoms with Gasteiger partial charge in [0.15, 0.2) is 12.2 Å². The molecule has 7 heteroatoms. The normalized spacial score (nSPS) is 25.3. The summed E-state index contributed by atoms with van der Waals surface area (Å²) in [5.41, 5.74) is 0.852. The minimum absolute atomic E-state index is 0.114. The molecular formula is C19H16Br2O5. The van der Waals surface area contributed by atoms with Gasteiger partial charge in [-0.3, -0.25) is 0 Å². The van der Waals surface area contributed by atoms with Crippen LogP contribution < -0.4 is 0 Å². The zero-order chi connectivity index (χ0) is 18.5. The van der Waals surface area contributed by atoms with E-state index in [0.29, 0.717) is 11.1 Å². The van der Waals surface area contributed by atoms with Gasteiger partial charge in [0.2, 0.25) is 0 Å². The zero-order valence-corrected chi connectivity index (χ0v) is 16.8. The third kappa shape index (κ3) is 4.52. The molecule has 1 aliphatic heterocycles. The fraction of sp³-hybridized carbons (Fsp3) is 0.263. The van der Waals surface area contributed by atoms with Gasteiger partial charge in [-0.1, -0.05) is 68.3 Å². The summed E-state index contributed by atoms with van der Waals surface area (Å²) in [7, 11) is 0. The first-order chi connectivity index (χ1) is 12.6. The number of benzene rings is 2. The number of rotatable bonds is 4. The van der Waals surface area contributed by atoms with Crippen molar-refractivity contribution in [2.24, 2.45) is 0 Å². The van der Waals surface area contributed by atoms with Crippen molar-refractivity contribution in [3.63, 3.8) is 0 Å². The Morgan fingerprint density at radius 3 is 1.88 bits per heavy atom. The van der Waals surface area contributed by atoms with Crippen molar-refractivity contribution in [3.05, 3.63) is 71.8 Å². The highest BCUT2D eigenvalue weighted by Crippen LogP contribution is 2.30. The molecule has 0 saturated carbocycles. The number of ether oxygens (including phenoxy) is 3. The first-order valence-corrected chi connectivity index (χ1v) is 9.81. The fourth-order valence-corrected chi connectivity index (χ4v) is 3.57. The quantitative estimate of drug-likeness (QED) is 0.486. The van der Waals surface area contributed by atoms with E-state index >= 15 is 0 Å². The van der Waals surface area contributed by atoms with E-state index < -0.39 is 24.1 Å². The summed E-state index contributed by atoms with van der Waals surface area (Å²) in [5, 5.41) is -0.372. The van der Waals surface area contributed by atoms with Gasteiger partial charge in [-0.05, 0) is 24.3 Å². The molecule has 1 saturated heterocycles. The lowest BCUT2D eigenvalue weighted by atomic mass is 10.1. The Morgan fingerprint density at radius 2 is 1.35 bits per heavy atom. The molecule has 0 aliphatic carbocycles. The SMILES string of the molecule is O=C(O[C@@H]1[C@H](Br)[C@@H](Br)OC[C@H]1OC(=O)c1ccccc1)c1ccccc1. The lowest BCUT2D eigenvalue weighted by Gasteiger charge is -2.37. The van der Waals surface area contributed by atoms with Crippen molar-refractivity contribution in [1.29, 1.82) is 0 Å². The van der Waals surface area contributed by atoms with Crippen LogP contribution in [-0.2, 0) is 14.2 Å². The number of carbonyl (C=O) groups is 2. The average Bonchev–Trinajstić information content (AvgIpc) is 2.68. The lowest BCUT2D eigenvalue weighted by Crippen LogP contribution is -2.52. The van der Waals surface area contributed by atoms with Crippen LogP contribution in [0.15, 0.2) is 60.7 Å². The second-order valence-corrected chi connectivity index (χ2v) is 7.63. The molecule has 0 spiro atoms. The van der Waals surface area contributed by atoms with Crippen LogP contribution in [-0.4, -0.2) is 40.6 Å². The molecule has 0 radical (unpaired) electrons. The molecule has 26 heavy (non-hydrogen) atoms. The molecule has 136 valence electrons. The number of halogens is 2. The second-order valence-electron chi connectivity index (χ2n) is 5.67. The van der Waals surface area contributed by atoms with Gasteiger partial charge in [0.25, 0.3) is 0 Å². The van der Waals surface area contributed by atoms with E-state index in [4.69, 9.17) is 14.2 Å². The molecule has 1 fully saturated rings. The number of hydrogen-bond donors (Lipinski definition) is 0. The van der Waals surface area contributed by atoms with Gasteiger partial charge >= 0.3 is 11.9 Å². The molecule has 1 heterocycles. The molecule has 2 aromatic carbocycles. The van der Waals surface area contributed by atoms with Gasteiger partial charge in [0.1, 0.15) is 5.01 Å². The third-order valence-corrected chi connectivity index (χ3v) is 6.42. The Morgan fingerprint density at radius 1 is 0.846 bits per heavy atom. The first kappa shape index (κ1) is 19.1. The van der Waals surface area contributed by atoms with Crippen LogP contribution in [0.1, 0.15) is 20.7 Å². The highest BCUT2D eigenvalue weighted by molar-refractivity contribution is 9.12. The van der Waals surface area contributed by atoms with Crippen molar-refractivity contribution < 1.29 is 23.8 Å². The van der Waals surface area contributed by atoms with E-state index in [1.807, 2.05) is 12.1 Å². The van der Waals surface area contributed by atoms with Crippen molar-refractivity contribution in [3.8, 4) is 0 Å². The van der Waals surface area contributed by atoms with Crippen LogP contribution >= 0.6 is 31.9 Å². The summed E-state index contributed by atoms with van der Waals surface area (Å²) in [6.07, 6.45) is -1.43. The molecule has 0 bridgehead atoms. The maximum Gasteiger partial charge on any atom is 0.338 e. The molecular weight excluding hydrogens is 468 g/mol. The van der Waals surface area contributed by atoms with Crippen molar-refractivity contribution in [2.75, 3.05) is 6.61 Å². The van der Waals surface area contributed by atoms with Crippen LogP contribution in [0.5, 0.6) is 0 Å². The minimum Gasteiger partial charge on any atom is -0.453 e. The van der Waals surface area contributed by atoms with Gasteiger partial charge in [-0.15, -0.1) is 0 Å². The van der Waals surface area contributed by atoms with Crippen molar-refractivity contribution >= 4 is 43.8 Å². The molecule has 0 unspecified atom stereocenters. The average molecular weight is 484 g/mol. The fourth-order valence-electron chi connectivity index (χ4n) is 2.52. The highest BCUT2D eigenvalue weighted by Gasteiger charge is 2.43. The summed E-state index contributed by atoms with van der Waals surface area (Å²) in [4.78, 5) is 24.4. The molecule has 0 amide bonds. The minimum atomic E-state index is -0.728. The Labute approximate surface area is 167 Å². The Kier molecular flexibility index (Phi) is 6.45. The molecule has 3 rings (SSSR count). The predicted molar refractivity (Wildman–Crippen MR) is 103 cm³/mol. The number of alkyl halides is 2. The van der Waals surface area contributed by atoms with Crippen LogP contribution in [0.4, 0.5) is 0 Å². The third-order valence-electron chi connectivity index (χ3n) is 3.87. The lowest BCUT2D eigenvalue weighted by molar-refractivity contribution is -0.102. The maximum absolute atomic E-state index is 12.4. The summed E-state index contributed by atoms with van der Waals surface area (Å²) in [6.45, 7) is 0.114. The van der Waals surface area contributed by atoms with Gasteiger partial charge in [-0.2, -0.15) is 0 Å². The van der Waals surface area contributed by atoms with Crippen molar-refractivity contribution in [2.45, 2.75) is 22.0 Å². The van der Waals surface area contributed by atoms with Crippen LogP contribution in [0.25, 0.3) is 0 Å². The van der Waals surface area contributed by atoms with E-state index in [1.54, 1.807) is 48.5 Å². The number of carbonyl (C=O) groups excluding carboxylic acids is 2. The standard InChI is InChI=1S/C19H16Br2O5/c20-15-16(26-19(23)13-9-5-2-6-10-13)14(11-24-17(15)21)25-18(22)12-7-3-1-4-8-12/h1-10,14-17H,11H2/t14-,15+,16+,17+/m1/s1. The van der Waals surface area contributed by atoms with Crippen LogP contribution in [0.3, 0.4) is 0 Å². The second kappa shape index (κ2) is 8.79. The van der Waals surface area contributed by atoms with E-state index in [0.717, 1.165) is 0 Å². The van der Waals surface area contributed by atoms with Crippen LogP contribution in [0.2, 0.25) is 0 Å². The van der Waals surface area contributed by atoms with Gasteiger partial charge in [0.05, 0.1) is 22.6 Å². The van der Waals surface area contributed by atoms with E-state index in [2.05, 4.69) is 31.9 Å². The molecule has 4 atom stereocenters. The maximum atomic E-state index is 12.4. The first-order valence-electron chi connectivity index (χ1n) is 7.98. The number of hydrogen-bond acceptors (Lipinski definition) is 5. The summed E-state index contributed by atoms with van der Waals surface area (Å²) in [6, 6.07) is 17.3. The highest BCUT2D eigenvalue weighted by atomic mass is 79.9. The van der Waals surface area contributed by atoms with E-state index in [1.165, 1.54) is 0 Å². The molecule has 2 aromatic rings. The van der Waals surface area contributed by atoms with Gasteiger partial charge < -0.3 is 14.2 Å². The molecule has 1 aliphatic rings. The van der Waals surface area contributed by atoms with Crippen LogP contribution in [0, 0.1) is 0 Å². The Bertz CT molecular complexity index is 753. The Balaban J connectivity index is 1.74. The van der Waals surface area contributed by atoms with E-state index in [9.17, 15) is 9.59 Å². The zero-order valence-electron chi connectivity index (χ0n) is 13.6. The van der Waals surface area contributed by atoms with Gasteiger partial charge in [-0.25, -0.2) is 9.59 Å². The van der Waals surface area contributed by atoms with Crippen molar-refractivity contribution in [1.82, 2.24) is 0 Å². The Hall–Kier alpha value is -1.70. The summed E-state index contributed by atoms with van der Waals surface area (Å²) < 4.78 is 16.7. The summed E-state index contributed by atoms with van der Waals surface area (Å²) >= 11 is 6.85. The molecule has 5 nitrogen and oxygen atoms in total.